The molecule has 1 aromatic carbocycles. The Labute approximate surface area is 132 Å². The van der Waals surface area contributed by atoms with Gasteiger partial charge in [-0.25, -0.2) is 0 Å². The van der Waals surface area contributed by atoms with Crippen molar-refractivity contribution < 1.29 is 9.53 Å². The van der Waals surface area contributed by atoms with Gasteiger partial charge in [-0.2, -0.15) is 0 Å². The molecule has 4 nitrogen and oxygen atoms in total. The minimum absolute atomic E-state index is 0.132. The van der Waals surface area contributed by atoms with E-state index < -0.39 is 0 Å². The highest BCUT2D eigenvalue weighted by Gasteiger charge is 2.37. The molecule has 2 heterocycles. The van der Waals surface area contributed by atoms with E-state index in [0.29, 0.717) is 18.1 Å². The van der Waals surface area contributed by atoms with E-state index >= 15 is 0 Å². The number of hydrogen-bond acceptors (Lipinski definition) is 3. The second kappa shape index (κ2) is 6.29. The van der Waals surface area contributed by atoms with Crippen LogP contribution in [-0.2, 0) is 4.79 Å². The number of carbonyl (C=O) groups is 1. The summed E-state index contributed by atoms with van der Waals surface area (Å²) in [5.74, 6) is 0.881. The first-order chi connectivity index (χ1) is 10.6. The summed E-state index contributed by atoms with van der Waals surface area (Å²) in [5, 5.41) is 3.64. The topological polar surface area (TPSA) is 41.6 Å². The fourth-order valence-electron chi connectivity index (χ4n) is 3.88. The molecule has 2 aliphatic heterocycles. The van der Waals surface area contributed by atoms with Gasteiger partial charge in [-0.3, -0.25) is 4.79 Å². The number of rotatable bonds is 4. The highest BCUT2D eigenvalue weighted by Crippen LogP contribution is 2.31. The molecular weight excluding hydrogens is 276 g/mol. The predicted molar refractivity (Wildman–Crippen MR) is 87.1 cm³/mol. The molecule has 2 fully saturated rings. The van der Waals surface area contributed by atoms with Crippen LogP contribution in [0.3, 0.4) is 0 Å². The molecule has 3 unspecified atom stereocenters. The molecule has 2 bridgehead atoms. The van der Waals surface area contributed by atoms with Gasteiger partial charge in [0.2, 0.25) is 5.91 Å². The summed E-state index contributed by atoms with van der Waals surface area (Å²) >= 11 is 0. The third kappa shape index (κ3) is 2.98. The second-order valence-corrected chi connectivity index (χ2v) is 6.71. The summed E-state index contributed by atoms with van der Waals surface area (Å²) in [6, 6.07) is 9.40. The number of fused-ring (bicyclic) bond motifs is 2. The maximum absolute atomic E-state index is 12.8. The van der Waals surface area contributed by atoms with Gasteiger partial charge in [-0.05, 0) is 50.3 Å². The Morgan fingerprint density at radius 3 is 2.64 bits per heavy atom. The van der Waals surface area contributed by atoms with Crippen LogP contribution in [0.4, 0.5) is 0 Å². The Balaban J connectivity index is 1.69. The molecule has 3 atom stereocenters. The highest BCUT2D eigenvalue weighted by atomic mass is 16.5. The molecular formula is C18H26N2O2. The van der Waals surface area contributed by atoms with E-state index in [1.54, 1.807) is 7.11 Å². The van der Waals surface area contributed by atoms with Gasteiger partial charge < -0.3 is 15.0 Å². The summed E-state index contributed by atoms with van der Waals surface area (Å²) in [7, 11) is 3.62. The van der Waals surface area contributed by atoms with Crippen molar-refractivity contribution in [2.24, 2.45) is 0 Å². The van der Waals surface area contributed by atoms with Crippen molar-refractivity contribution in [2.45, 2.75) is 56.7 Å². The summed E-state index contributed by atoms with van der Waals surface area (Å²) in [6.07, 6.45) is 4.69. The molecule has 4 heteroatoms. The number of hydrogen-bond donors (Lipinski definition) is 1. The monoisotopic (exact) mass is 302 g/mol. The SMILES string of the molecule is COc1cccc(C(C)C(=O)N(C)C2CC3CCC(C2)N3)c1. The molecule has 1 aromatic rings. The number of benzene rings is 1. The normalized spacial score (nSPS) is 28.2. The third-order valence-corrected chi connectivity index (χ3v) is 5.31. The van der Waals surface area contributed by atoms with Crippen LogP contribution in [0.15, 0.2) is 24.3 Å². The van der Waals surface area contributed by atoms with Gasteiger partial charge in [-0.15, -0.1) is 0 Å². The fourth-order valence-corrected chi connectivity index (χ4v) is 3.88. The summed E-state index contributed by atoms with van der Waals surface area (Å²) < 4.78 is 5.26. The van der Waals surface area contributed by atoms with E-state index in [2.05, 4.69) is 5.32 Å². The number of amides is 1. The van der Waals surface area contributed by atoms with Crippen LogP contribution in [0.2, 0.25) is 0 Å². The number of methoxy groups -OCH3 is 1. The lowest BCUT2D eigenvalue weighted by atomic mass is 9.95. The molecule has 1 amide bonds. The van der Waals surface area contributed by atoms with E-state index in [9.17, 15) is 4.79 Å². The van der Waals surface area contributed by atoms with Crippen molar-refractivity contribution in [3.05, 3.63) is 29.8 Å². The van der Waals surface area contributed by atoms with Crippen molar-refractivity contribution >= 4 is 5.91 Å². The quantitative estimate of drug-likeness (QED) is 0.929. The molecule has 1 N–H and O–H groups in total. The van der Waals surface area contributed by atoms with Crippen LogP contribution in [-0.4, -0.2) is 43.1 Å². The highest BCUT2D eigenvalue weighted by molar-refractivity contribution is 5.83. The number of nitrogens with one attached hydrogen (secondary N) is 1. The Morgan fingerprint density at radius 2 is 2.00 bits per heavy atom. The fraction of sp³-hybridized carbons (Fsp3) is 0.611. The van der Waals surface area contributed by atoms with Crippen LogP contribution >= 0.6 is 0 Å². The van der Waals surface area contributed by atoms with Crippen LogP contribution in [0.25, 0.3) is 0 Å². The molecule has 0 aromatic heterocycles. The summed E-state index contributed by atoms with van der Waals surface area (Å²) in [5.41, 5.74) is 1.02. The van der Waals surface area contributed by atoms with Crippen molar-refractivity contribution in [1.29, 1.82) is 0 Å². The summed E-state index contributed by atoms with van der Waals surface area (Å²) in [4.78, 5) is 14.8. The number of carbonyl (C=O) groups excluding carboxylic acids is 1. The molecule has 3 rings (SSSR count). The van der Waals surface area contributed by atoms with Gasteiger partial charge in [0, 0.05) is 25.2 Å². The van der Waals surface area contributed by atoms with E-state index in [1.807, 2.05) is 43.1 Å². The predicted octanol–water partition coefficient (Wildman–Crippen LogP) is 2.54. The molecule has 0 saturated carbocycles. The summed E-state index contributed by atoms with van der Waals surface area (Å²) in [6.45, 7) is 1.99. The van der Waals surface area contributed by atoms with Gasteiger partial charge in [-0.1, -0.05) is 12.1 Å². The van der Waals surface area contributed by atoms with E-state index in [1.165, 1.54) is 12.8 Å². The maximum Gasteiger partial charge on any atom is 0.229 e. The first-order valence-electron chi connectivity index (χ1n) is 8.25. The van der Waals surface area contributed by atoms with Crippen LogP contribution in [0.1, 0.15) is 44.1 Å². The van der Waals surface area contributed by atoms with Gasteiger partial charge in [0.15, 0.2) is 0 Å². The van der Waals surface area contributed by atoms with Crippen LogP contribution in [0, 0.1) is 0 Å². The lowest BCUT2D eigenvalue weighted by Gasteiger charge is -2.36. The first kappa shape index (κ1) is 15.3. The zero-order valence-corrected chi connectivity index (χ0v) is 13.7. The smallest absolute Gasteiger partial charge is 0.229 e. The lowest BCUT2D eigenvalue weighted by Crippen LogP contribution is -2.49. The average Bonchev–Trinajstić information content (AvgIpc) is 2.90. The standard InChI is InChI=1S/C18H26N2O2/c1-12(13-5-4-6-17(9-13)22-3)18(21)20(2)16-10-14-7-8-15(11-16)19-14/h4-6,9,12,14-16,19H,7-8,10-11H2,1-3H3. The lowest BCUT2D eigenvalue weighted by molar-refractivity contribution is -0.133. The Kier molecular flexibility index (Phi) is 4.39. The van der Waals surface area contributed by atoms with E-state index in [-0.39, 0.29) is 11.8 Å². The van der Waals surface area contributed by atoms with Crippen LogP contribution in [0.5, 0.6) is 5.75 Å². The van der Waals surface area contributed by atoms with Gasteiger partial charge in [0.05, 0.1) is 13.0 Å². The molecule has 2 aliphatic rings. The van der Waals surface area contributed by atoms with Gasteiger partial charge in [0.1, 0.15) is 5.75 Å². The van der Waals surface area contributed by atoms with Gasteiger partial charge >= 0.3 is 0 Å². The molecule has 2 saturated heterocycles. The maximum atomic E-state index is 12.8. The number of ether oxygens (including phenoxy) is 1. The zero-order chi connectivity index (χ0) is 15.7. The number of likely N-dealkylation sites (N-methyl/N-ethyl adjacent to an activating group) is 1. The largest absolute Gasteiger partial charge is 0.497 e. The van der Waals surface area contributed by atoms with Crippen molar-refractivity contribution in [3.8, 4) is 5.75 Å². The molecule has 0 radical (unpaired) electrons. The first-order valence-corrected chi connectivity index (χ1v) is 8.25. The van der Waals surface area contributed by atoms with Crippen molar-refractivity contribution in [2.75, 3.05) is 14.2 Å². The molecule has 22 heavy (non-hydrogen) atoms. The van der Waals surface area contributed by atoms with E-state index in [4.69, 9.17) is 4.74 Å². The van der Waals surface area contributed by atoms with Gasteiger partial charge in [0.25, 0.3) is 0 Å². The Hall–Kier alpha value is -1.55. The molecule has 120 valence electrons. The number of piperidine rings is 1. The Bertz CT molecular complexity index is 534. The Morgan fingerprint density at radius 1 is 1.32 bits per heavy atom. The minimum atomic E-state index is -0.132. The number of nitrogens with zero attached hydrogens (tertiary/aromatic N) is 1. The zero-order valence-electron chi connectivity index (χ0n) is 13.7. The second-order valence-electron chi connectivity index (χ2n) is 6.71. The van der Waals surface area contributed by atoms with Crippen molar-refractivity contribution in [1.82, 2.24) is 10.2 Å². The third-order valence-electron chi connectivity index (χ3n) is 5.31. The average molecular weight is 302 g/mol. The molecule has 0 aliphatic carbocycles. The van der Waals surface area contributed by atoms with Crippen LogP contribution < -0.4 is 10.1 Å². The minimum Gasteiger partial charge on any atom is -0.497 e. The van der Waals surface area contributed by atoms with E-state index in [0.717, 1.165) is 24.2 Å². The molecule has 0 spiro atoms. The van der Waals surface area contributed by atoms with Crippen molar-refractivity contribution in [3.63, 3.8) is 0 Å².